The fourth-order valence-electron chi connectivity index (χ4n) is 2.43. The van der Waals surface area contributed by atoms with Gasteiger partial charge in [0.25, 0.3) is 0 Å². The zero-order chi connectivity index (χ0) is 18.4. The van der Waals surface area contributed by atoms with Crippen LogP contribution in [0.5, 0.6) is 6.08 Å². The summed E-state index contributed by atoms with van der Waals surface area (Å²) in [6, 6.07) is 17.7. The van der Waals surface area contributed by atoms with E-state index >= 15 is 0 Å². The van der Waals surface area contributed by atoms with E-state index in [4.69, 9.17) is 13.9 Å². The topological polar surface area (TPSA) is 56.5 Å². The van der Waals surface area contributed by atoms with Crippen LogP contribution in [0, 0.1) is 0 Å². The van der Waals surface area contributed by atoms with Crippen LogP contribution in [0.2, 0.25) is 0 Å². The zero-order valence-corrected chi connectivity index (χ0v) is 15.2. The van der Waals surface area contributed by atoms with Gasteiger partial charge in [-0.05, 0) is 31.5 Å². The molecule has 0 fully saturated rings. The highest BCUT2D eigenvalue weighted by Crippen LogP contribution is 2.24. The predicted molar refractivity (Wildman–Crippen MR) is 101 cm³/mol. The molecular weight excluding hydrogens is 328 g/mol. The van der Waals surface area contributed by atoms with Crippen molar-refractivity contribution in [3.63, 3.8) is 0 Å². The molecule has 0 radical (unpaired) electrons. The number of nitrogens with one attached hydrogen (secondary N) is 1. The highest BCUT2D eigenvalue weighted by atomic mass is 16.6. The Bertz CT molecular complexity index is 894. The minimum atomic E-state index is 0.185. The van der Waals surface area contributed by atoms with Crippen LogP contribution in [0.4, 0.5) is 0 Å². The average Bonchev–Trinajstić information content (AvgIpc) is 3.08. The number of allylic oxidation sites excluding steroid dienone is 2. The van der Waals surface area contributed by atoms with Gasteiger partial charge >= 0.3 is 6.08 Å². The maximum atomic E-state index is 5.84. The second-order valence-corrected chi connectivity index (χ2v) is 5.86. The van der Waals surface area contributed by atoms with Crippen LogP contribution >= 0.6 is 0 Å². The van der Waals surface area contributed by atoms with Crippen molar-refractivity contribution in [3.8, 4) is 6.08 Å². The molecule has 0 aliphatic heterocycles. The SMILES string of the molecule is CO/C=C(Oc1nc2ccccc2o1)/C(C)=C(/C)NCc1ccccc1. The van der Waals surface area contributed by atoms with Crippen LogP contribution in [0.1, 0.15) is 19.4 Å². The molecule has 0 amide bonds. The van der Waals surface area contributed by atoms with Crippen molar-refractivity contribution in [2.24, 2.45) is 0 Å². The van der Waals surface area contributed by atoms with Crippen molar-refractivity contribution in [1.82, 2.24) is 10.3 Å². The third kappa shape index (κ3) is 4.25. The van der Waals surface area contributed by atoms with Gasteiger partial charge < -0.3 is 19.2 Å². The standard InChI is InChI=1S/C21H22N2O3/c1-15(16(2)22-13-17-9-5-4-6-10-17)20(14-24-3)26-21-23-18-11-7-8-12-19(18)25-21/h4-12,14,22H,13H2,1-3H3/b16-15-,20-14-. The van der Waals surface area contributed by atoms with Crippen molar-refractivity contribution in [3.05, 3.63) is 83.5 Å². The summed E-state index contributed by atoms with van der Waals surface area (Å²) < 4.78 is 16.6. The van der Waals surface area contributed by atoms with Crippen LogP contribution in [0.3, 0.4) is 0 Å². The Morgan fingerprint density at radius 3 is 2.54 bits per heavy atom. The Morgan fingerprint density at radius 2 is 1.81 bits per heavy atom. The van der Waals surface area contributed by atoms with Crippen molar-refractivity contribution in [2.75, 3.05) is 7.11 Å². The fraction of sp³-hybridized carbons (Fsp3) is 0.190. The highest BCUT2D eigenvalue weighted by molar-refractivity contribution is 5.72. The first-order chi connectivity index (χ1) is 12.7. The van der Waals surface area contributed by atoms with Gasteiger partial charge in [0, 0.05) is 17.8 Å². The van der Waals surface area contributed by atoms with E-state index in [2.05, 4.69) is 22.4 Å². The molecule has 0 aliphatic rings. The molecule has 5 heteroatoms. The third-order valence-electron chi connectivity index (χ3n) is 4.03. The summed E-state index contributed by atoms with van der Waals surface area (Å²) in [5, 5.41) is 3.40. The molecule has 3 aromatic rings. The number of methoxy groups -OCH3 is 1. The molecule has 0 bridgehead atoms. The predicted octanol–water partition coefficient (Wildman–Crippen LogP) is 4.78. The first-order valence-corrected chi connectivity index (χ1v) is 8.39. The van der Waals surface area contributed by atoms with Gasteiger partial charge in [0.15, 0.2) is 11.3 Å². The number of fused-ring (bicyclic) bond motifs is 1. The van der Waals surface area contributed by atoms with Gasteiger partial charge in [0.2, 0.25) is 0 Å². The van der Waals surface area contributed by atoms with Gasteiger partial charge in [-0.15, -0.1) is 0 Å². The number of oxazole rings is 1. The molecule has 0 saturated carbocycles. The molecule has 3 rings (SSSR count). The summed E-state index contributed by atoms with van der Waals surface area (Å²) in [6.45, 7) is 4.69. The van der Waals surface area contributed by atoms with Gasteiger partial charge in [-0.3, -0.25) is 0 Å². The number of benzene rings is 2. The third-order valence-corrected chi connectivity index (χ3v) is 4.03. The van der Waals surface area contributed by atoms with E-state index in [-0.39, 0.29) is 6.08 Å². The molecular formula is C21H22N2O3. The van der Waals surface area contributed by atoms with E-state index < -0.39 is 0 Å². The molecule has 0 saturated heterocycles. The Labute approximate surface area is 153 Å². The lowest BCUT2D eigenvalue weighted by molar-refractivity contribution is 0.273. The molecule has 1 N–H and O–H groups in total. The maximum Gasteiger partial charge on any atom is 0.400 e. The van der Waals surface area contributed by atoms with Gasteiger partial charge in [-0.2, -0.15) is 4.98 Å². The first kappa shape index (κ1) is 17.6. The number of hydrogen-bond acceptors (Lipinski definition) is 5. The van der Waals surface area contributed by atoms with Gasteiger partial charge in [-0.1, -0.05) is 42.5 Å². The number of nitrogens with zero attached hydrogens (tertiary/aromatic N) is 1. The summed E-state index contributed by atoms with van der Waals surface area (Å²) in [5.74, 6) is 0.539. The number of hydrogen-bond donors (Lipinski definition) is 1. The molecule has 0 atom stereocenters. The molecule has 1 aromatic heterocycles. The van der Waals surface area contributed by atoms with Crippen LogP contribution < -0.4 is 10.1 Å². The Hall–Kier alpha value is -3.21. The summed E-state index contributed by atoms with van der Waals surface area (Å²) in [6.07, 6.45) is 1.72. The van der Waals surface area contributed by atoms with E-state index in [0.29, 0.717) is 11.3 Å². The van der Waals surface area contributed by atoms with Gasteiger partial charge in [0.1, 0.15) is 11.8 Å². The minimum Gasteiger partial charge on any atom is -0.500 e. The van der Waals surface area contributed by atoms with Crippen molar-refractivity contribution >= 4 is 11.1 Å². The number of para-hydroxylation sites is 2. The molecule has 26 heavy (non-hydrogen) atoms. The Kier molecular flexibility index (Phi) is 5.59. The molecule has 134 valence electrons. The molecule has 2 aromatic carbocycles. The van der Waals surface area contributed by atoms with Crippen LogP contribution in [-0.4, -0.2) is 12.1 Å². The fourth-order valence-corrected chi connectivity index (χ4v) is 2.43. The second kappa shape index (κ2) is 8.25. The number of ether oxygens (including phenoxy) is 2. The van der Waals surface area contributed by atoms with Gasteiger partial charge in [0.05, 0.1) is 7.11 Å². The lowest BCUT2D eigenvalue weighted by Gasteiger charge is -2.13. The number of aromatic nitrogens is 1. The van der Waals surface area contributed by atoms with E-state index in [0.717, 1.165) is 23.3 Å². The van der Waals surface area contributed by atoms with E-state index in [1.807, 2.05) is 56.3 Å². The van der Waals surface area contributed by atoms with Crippen molar-refractivity contribution in [2.45, 2.75) is 20.4 Å². The quantitative estimate of drug-likeness (QED) is 0.491. The van der Waals surface area contributed by atoms with Crippen molar-refractivity contribution in [1.29, 1.82) is 0 Å². The van der Waals surface area contributed by atoms with Crippen LogP contribution in [0.25, 0.3) is 11.1 Å². The average molecular weight is 350 g/mol. The Morgan fingerprint density at radius 1 is 1.08 bits per heavy atom. The minimum absolute atomic E-state index is 0.185. The molecule has 5 nitrogen and oxygen atoms in total. The van der Waals surface area contributed by atoms with Crippen LogP contribution in [-0.2, 0) is 11.3 Å². The Balaban J connectivity index is 1.76. The molecule has 0 aliphatic carbocycles. The van der Waals surface area contributed by atoms with E-state index in [1.165, 1.54) is 11.8 Å². The van der Waals surface area contributed by atoms with Gasteiger partial charge in [-0.25, -0.2) is 0 Å². The summed E-state index contributed by atoms with van der Waals surface area (Å²) in [7, 11) is 1.58. The van der Waals surface area contributed by atoms with Crippen LogP contribution in [0.15, 0.2) is 82.3 Å². The smallest absolute Gasteiger partial charge is 0.400 e. The second-order valence-electron chi connectivity index (χ2n) is 5.86. The molecule has 0 unspecified atom stereocenters. The zero-order valence-electron chi connectivity index (χ0n) is 15.2. The number of rotatable bonds is 7. The largest absolute Gasteiger partial charge is 0.500 e. The summed E-state index contributed by atoms with van der Waals surface area (Å²) in [5.41, 5.74) is 4.52. The lowest BCUT2D eigenvalue weighted by Crippen LogP contribution is -2.14. The maximum absolute atomic E-state index is 5.84. The normalized spacial score (nSPS) is 12.7. The highest BCUT2D eigenvalue weighted by Gasteiger charge is 2.13. The molecule has 0 spiro atoms. The summed E-state index contributed by atoms with van der Waals surface area (Å²) in [4.78, 5) is 4.34. The summed E-state index contributed by atoms with van der Waals surface area (Å²) >= 11 is 0. The van der Waals surface area contributed by atoms with E-state index in [9.17, 15) is 0 Å². The lowest BCUT2D eigenvalue weighted by atomic mass is 10.2. The monoisotopic (exact) mass is 350 g/mol. The van der Waals surface area contributed by atoms with Crippen molar-refractivity contribution < 1.29 is 13.9 Å². The first-order valence-electron chi connectivity index (χ1n) is 8.39. The van der Waals surface area contributed by atoms with E-state index in [1.54, 1.807) is 7.11 Å². The molecule has 1 heterocycles.